The van der Waals surface area contributed by atoms with Gasteiger partial charge in [-0.3, -0.25) is 0 Å². The van der Waals surface area contributed by atoms with Crippen LogP contribution in [0.1, 0.15) is 25.1 Å². The van der Waals surface area contributed by atoms with E-state index in [4.69, 9.17) is 9.26 Å². The molecule has 1 aromatic heterocycles. The van der Waals surface area contributed by atoms with Crippen LogP contribution in [0.5, 0.6) is 0 Å². The summed E-state index contributed by atoms with van der Waals surface area (Å²) >= 11 is 0. The summed E-state index contributed by atoms with van der Waals surface area (Å²) in [6.45, 7) is 3.43. The number of carbonyl (C=O) groups excluding carboxylic acids is 1. The molecule has 0 bridgehead atoms. The summed E-state index contributed by atoms with van der Waals surface area (Å²) in [6, 6.07) is 9.65. The van der Waals surface area contributed by atoms with Gasteiger partial charge in [0.2, 0.25) is 0 Å². The molecule has 1 atom stereocenters. The third kappa shape index (κ3) is 2.89. The van der Waals surface area contributed by atoms with Crippen LogP contribution in [0.15, 0.2) is 34.9 Å². The monoisotopic (exact) mass is 287 g/mol. The second-order valence-corrected chi connectivity index (χ2v) is 4.95. The van der Waals surface area contributed by atoms with E-state index in [1.807, 2.05) is 30.3 Å². The van der Waals surface area contributed by atoms with Gasteiger partial charge in [0.1, 0.15) is 0 Å². The minimum Gasteiger partial charge on any atom is -0.450 e. The molecule has 6 nitrogen and oxygen atoms in total. The largest absolute Gasteiger partial charge is 0.450 e. The predicted octanol–water partition coefficient (Wildman–Crippen LogP) is 2.68. The zero-order chi connectivity index (χ0) is 14.7. The quantitative estimate of drug-likeness (QED) is 0.868. The lowest BCUT2D eigenvalue weighted by Gasteiger charge is -2.14. The van der Waals surface area contributed by atoms with E-state index in [1.165, 1.54) is 0 Å². The Balaban J connectivity index is 1.69. The normalized spacial score (nSPS) is 18.0. The van der Waals surface area contributed by atoms with Gasteiger partial charge in [0, 0.05) is 24.6 Å². The maximum Gasteiger partial charge on any atom is 0.409 e. The molecule has 1 aliphatic rings. The molecule has 0 spiro atoms. The molecule has 0 unspecified atom stereocenters. The molecule has 1 saturated heterocycles. The van der Waals surface area contributed by atoms with Crippen LogP contribution < -0.4 is 0 Å². The molecule has 0 radical (unpaired) electrons. The lowest BCUT2D eigenvalue weighted by atomic mass is 10.1. The smallest absolute Gasteiger partial charge is 0.409 e. The Bertz CT molecular complexity index is 612. The van der Waals surface area contributed by atoms with Gasteiger partial charge in [0.05, 0.1) is 6.61 Å². The average molecular weight is 287 g/mol. The van der Waals surface area contributed by atoms with E-state index < -0.39 is 0 Å². The molecule has 2 heterocycles. The molecule has 0 saturated carbocycles. The maximum absolute atomic E-state index is 11.7. The minimum absolute atomic E-state index is 0.107. The van der Waals surface area contributed by atoms with Crippen LogP contribution in [0.4, 0.5) is 4.79 Å². The maximum atomic E-state index is 11.7. The van der Waals surface area contributed by atoms with Crippen molar-refractivity contribution in [1.82, 2.24) is 15.0 Å². The molecular formula is C15H17N3O3. The van der Waals surface area contributed by atoms with Gasteiger partial charge < -0.3 is 14.2 Å². The first-order valence-corrected chi connectivity index (χ1v) is 7.08. The van der Waals surface area contributed by atoms with E-state index in [1.54, 1.807) is 11.8 Å². The second-order valence-electron chi connectivity index (χ2n) is 4.95. The van der Waals surface area contributed by atoms with Crippen molar-refractivity contribution >= 4 is 6.09 Å². The predicted molar refractivity (Wildman–Crippen MR) is 75.7 cm³/mol. The fourth-order valence-corrected chi connectivity index (χ4v) is 2.45. The van der Waals surface area contributed by atoms with Crippen molar-refractivity contribution in [3.8, 4) is 11.5 Å². The van der Waals surface area contributed by atoms with E-state index in [2.05, 4.69) is 10.1 Å². The van der Waals surface area contributed by atoms with E-state index >= 15 is 0 Å². The van der Waals surface area contributed by atoms with Crippen molar-refractivity contribution in [3.63, 3.8) is 0 Å². The topological polar surface area (TPSA) is 68.5 Å². The third-order valence-corrected chi connectivity index (χ3v) is 3.54. The van der Waals surface area contributed by atoms with Crippen LogP contribution in [0.2, 0.25) is 0 Å². The molecule has 1 fully saturated rings. The third-order valence-electron chi connectivity index (χ3n) is 3.54. The highest BCUT2D eigenvalue weighted by Crippen LogP contribution is 2.27. The molecule has 110 valence electrons. The van der Waals surface area contributed by atoms with Gasteiger partial charge in [-0.25, -0.2) is 4.79 Å². The molecule has 6 heteroatoms. The Kier molecular flexibility index (Phi) is 3.85. The number of aromatic nitrogens is 2. The van der Waals surface area contributed by atoms with E-state index in [0.29, 0.717) is 31.4 Å². The van der Waals surface area contributed by atoms with E-state index in [9.17, 15) is 4.79 Å². The number of nitrogens with zero attached hydrogens (tertiary/aromatic N) is 3. The average Bonchev–Trinajstić information content (AvgIpc) is 3.17. The van der Waals surface area contributed by atoms with Gasteiger partial charge in [0.15, 0.2) is 5.82 Å². The van der Waals surface area contributed by atoms with Gasteiger partial charge >= 0.3 is 6.09 Å². The Morgan fingerprint density at radius 3 is 3.00 bits per heavy atom. The van der Waals surface area contributed by atoms with Crippen molar-refractivity contribution in [3.05, 3.63) is 36.2 Å². The van der Waals surface area contributed by atoms with Gasteiger partial charge in [-0.1, -0.05) is 23.4 Å². The zero-order valence-electron chi connectivity index (χ0n) is 11.9. The van der Waals surface area contributed by atoms with Crippen molar-refractivity contribution in [2.45, 2.75) is 19.3 Å². The van der Waals surface area contributed by atoms with Crippen LogP contribution in [-0.2, 0) is 4.74 Å². The van der Waals surface area contributed by atoms with E-state index in [-0.39, 0.29) is 12.0 Å². The fourth-order valence-electron chi connectivity index (χ4n) is 2.45. The summed E-state index contributed by atoms with van der Waals surface area (Å²) in [5.74, 6) is 1.27. The SMILES string of the molecule is CCOC(=O)N1CC[C@H](c2noc(-c3ccccc3)n2)C1. The zero-order valence-corrected chi connectivity index (χ0v) is 11.9. The van der Waals surface area contributed by atoms with Crippen LogP contribution >= 0.6 is 0 Å². The number of ether oxygens (including phenoxy) is 1. The number of amides is 1. The summed E-state index contributed by atoms with van der Waals surface area (Å²) in [5, 5.41) is 4.05. The lowest BCUT2D eigenvalue weighted by molar-refractivity contribution is 0.115. The van der Waals surface area contributed by atoms with Crippen LogP contribution in [0, 0.1) is 0 Å². The molecule has 0 N–H and O–H groups in total. The molecule has 1 amide bonds. The molecule has 3 rings (SSSR count). The standard InChI is InChI=1S/C15H17N3O3/c1-2-20-15(19)18-9-8-12(10-18)13-16-14(21-17-13)11-6-4-3-5-7-11/h3-7,12H,2,8-10H2,1H3/t12-/m0/s1. The Hall–Kier alpha value is -2.37. The highest BCUT2D eigenvalue weighted by atomic mass is 16.6. The summed E-state index contributed by atoms with van der Waals surface area (Å²) < 4.78 is 10.3. The minimum atomic E-state index is -0.272. The van der Waals surface area contributed by atoms with Gasteiger partial charge in [-0.2, -0.15) is 4.98 Å². The number of hydrogen-bond donors (Lipinski definition) is 0. The van der Waals surface area contributed by atoms with E-state index in [0.717, 1.165) is 12.0 Å². The molecule has 2 aromatic rings. The number of rotatable bonds is 3. The van der Waals surface area contributed by atoms with Crippen LogP contribution in [0.25, 0.3) is 11.5 Å². The van der Waals surface area contributed by atoms with Gasteiger partial charge in [0.25, 0.3) is 5.89 Å². The lowest BCUT2D eigenvalue weighted by Crippen LogP contribution is -2.29. The van der Waals surface area contributed by atoms with Crippen LogP contribution in [0.3, 0.4) is 0 Å². The fraction of sp³-hybridized carbons (Fsp3) is 0.400. The van der Waals surface area contributed by atoms with Gasteiger partial charge in [-0.05, 0) is 25.5 Å². The summed E-state index contributed by atoms with van der Waals surface area (Å²) in [4.78, 5) is 17.8. The van der Waals surface area contributed by atoms with Crippen molar-refractivity contribution in [1.29, 1.82) is 0 Å². The number of likely N-dealkylation sites (tertiary alicyclic amines) is 1. The molecule has 0 aliphatic carbocycles. The van der Waals surface area contributed by atoms with Gasteiger partial charge in [-0.15, -0.1) is 0 Å². The second kappa shape index (κ2) is 5.95. The number of carbonyl (C=O) groups is 1. The number of hydrogen-bond acceptors (Lipinski definition) is 5. The Morgan fingerprint density at radius 2 is 2.24 bits per heavy atom. The summed E-state index contributed by atoms with van der Waals surface area (Å²) in [5.41, 5.74) is 0.900. The molecular weight excluding hydrogens is 270 g/mol. The summed E-state index contributed by atoms with van der Waals surface area (Å²) in [6.07, 6.45) is 0.554. The first-order valence-electron chi connectivity index (χ1n) is 7.08. The van der Waals surface area contributed by atoms with Crippen molar-refractivity contribution in [2.24, 2.45) is 0 Å². The Labute approximate surface area is 122 Å². The van der Waals surface area contributed by atoms with Crippen LogP contribution in [-0.4, -0.2) is 40.8 Å². The van der Waals surface area contributed by atoms with Crippen molar-refractivity contribution in [2.75, 3.05) is 19.7 Å². The highest BCUT2D eigenvalue weighted by molar-refractivity contribution is 5.68. The first-order chi connectivity index (χ1) is 10.3. The molecule has 1 aliphatic heterocycles. The molecule has 1 aromatic carbocycles. The highest BCUT2D eigenvalue weighted by Gasteiger charge is 2.31. The summed E-state index contributed by atoms with van der Waals surface area (Å²) in [7, 11) is 0. The Morgan fingerprint density at radius 1 is 1.43 bits per heavy atom. The van der Waals surface area contributed by atoms with Crippen molar-refractivity contribution < 1.29 is 14.1 Å². The molecule has 21 heavy (non-hydrogen) atoms. The first kappa shape index (κ1) is 13.6. The number of benzene rings is 1.